The summed E-state index contributed by atoms with van der Waals surface area (Å²) < 4.78 is 7.07. The highest BCUT2D eigenvalue weighted by Gasteiger charge is 2.11. The third kappa shape index (κ3) is 1.98. The number of nitrogens with two attached hydrogens (primary N) is 1. The van der Waals surface area contributed by atoms with Crippen molar-refractivity contribution in [3.63, 3.8) is 0 Å². The van der Waals surface area contributed by atoms with Crippen molar-refractivity contribution >= 4 is 5.65 Å². The van der Waals surface area contributed by atoms with E-state index < -0.39 is 0 Å². The number of hydrogen-bond acceptors (Lipinski definition) is 5. The van der Waals surface area contributed by atoms with E-state index >= 15 is 0 Å². The first-order valence-electron chi connectivity index (χ1n) is 5.83. The van der Waals surface area contributed by atoms with E-state index in [9.17, 15) is 0 Å². The first-order chi connectivity index (χ1) is 8.86. The van der Waals surface area contributed by atoms with Crippen LogP contribution < -0.4 is 5.73 Å². The van der Waals surface area contributed by atoms with Gasteiger partial charge in [-0.2, -0.15) is 4.98 Å². The number of nitrogens with zero attached hydrogens (tertiary/aromatic N) is 4. The minimum absolute atomic E-state index is 0.519. The molecule has 18 heavy (non-hydrogen) atoms. The molecular weight excluding hydrogens is 230 g/mol. The first-order valence-corrected chi connectivity index (χ1v) is 5.83. The van der Waals surface area contributed by atoms with E-state index in [-0.39, 0.29) is 0 Å². The molecule has 0 aliphatic heterocycles. The van der Waals surface area contributed by atoms with Gasteiger partial charge >= 0.3 is 0 Å². The maximum absolute atomic E-state index is 5.44. The largest absolute Gasteiger partial charge is 0.339 e. The molecule has 3 aromatic rings. The van der Waals surface area contributed by atoms with Crippen LogP contribution in [0, 0.1) is 0 Å². The lowest BCUT2D eigenvalue weighted by atomic mass is 10.3. The molecule has 3 aromatic heterocycles. The number of rotatable bonds is 4. The summed E-state index contributed by atoms with van der Waals surface area (Å²) in [5.41, 5.74) is 7.01. The summed E-state index contributed by atoms with van der Waals surface area (Å²) >= 11 is 0. The van der Waals surface area contributed by atoms with Gasteiger partial charge in [-0.1, -0.05) is 11.2 Å². The molecule has 0 amide bonds. The maximum atomic E-state index is 5.44. The van der Waals surface area contributed by atoms with Crippen molar-refractivity contribution in [2.75, 3.05) is 6.54 Å². The summed E-state index contributed by atoms with van der Waals surface area (Å²) in [6.07, 6.45) is 5.36. The molecule has 0 atom stereocenters. The molecule has 2 N–H and O–H groups in total. The van der Waals surface area contributed by atoms with Gasteiger partial charge in [0.05, 0.1) is 0 Å². The quantitative estimate of drug-likeness (QED) is 0.746. The predicted molar refractivity (Wildman–Crippen MR) is 65.9 cm³/mol. The molecule has 0 fully saturated rings. The van der Waals surface area contributed by atoms with Crippen molar-refractivity contribution in [2.45, 2.75) is 12.8 Å². The summed E-state index contributed by atoms with van der Waals surface area (Å²) in [4.78, 5) is 8.73. The second-order valence-electron chi connectivity index (χ2n) is 4.00. The van der Waals surface area contributed by atoms with E-state index in [2.05, 4.69) is 15.1 Å². The SMILES string of the molecule is NCCCc1nc(-c2cn3ccccc3n2)no1. The predicted octanol–water partition coefficient (Wildman–Crippen LogP) is 1.28. The molecule has 3 rings (SSSR count). The van der Waals surface area contributed by atoms with Gasteiger partial charge in [0.15, 0.2) is 0 Å². The maximum Gasteiger partial charge on any atom is 0.227 e. The Morgan fingerprint density at radius 2 is 2.22 bits per heavy atom. The third-order valence-corrected chi connectivity index (χ3v) is 2.66. The van der Waals surface area contributed by atoms with E-state index in [4.69, 9.17) is 10.3 Å². The number of fused-ring (bicyclic) bond motifs is 1. The molecule has 0 aromatic carbocycles. The monoisotopic (exact) mass is 243 g/mol. The molecule has 0 saturated heterocycles. The van der Waals surface area contributed by atoms with Crippen LogP contribution in [0.2, 0.25) is 0 Å². The molecular formula is C12H13N5O. The minimum Gasteiger partial charge on any atom is -0.339 e. The molecule has 0 spiro atoms. The second-order valence-corrected chi connectivity index (χ2v) is 4.00. The summed E-state index contributed by atoms with van der Waals surface area (Å²) in [6.45, 7) is 0.617. The van der Waals surface area contributed by atoms with Crippen LogP contribution in [0.1, 0.15) is 12.3 Å². The van der Waals surface area contributed by atoms with E-state index in [1.807, 2.05) is 35.0 Å². The zero-order chi connectivity index (χ0) is 12.4. The van der Waals surface area contributed by atoms with Crippen LogP contribution in [-0.4, -0.2) is 26.1 Å². The van der Waals surface area contributed by atoms with Gasteiger partial charge in [-0.25, -0.2) is 4.98 Å². The average molecular weight is 243 g/mol. The standard InChI is InChI=1S/C12H13N5O/c13-6-3-5-11-15-12(16-18-11)9-8-17-7-2-1-4-10(17)14-9/h1-2,4,7-8H,3,5-6,13H2. The molecule has 92 valence electrons. The van der Waals surface area contributed by atoms with Crippen molar-refractivity contribution in [1.29, 1.82) is 0 Å². The van der Waals surface area contributed by atoms with Crippen LogP contribution in [0.4, 0.5) is 0 Å². The van der Waals surface area contributed by atoms with Gasteiger partial charge in [-0.3, -0.25) is 0 Å². The molecule has 6 heteroatoms. The fraction of sp³-hybridized carbons (Fsp3) is 0.250. The molecule has 0 aliphatic rings. The molecule has 0 bridgehead atoms. The zero-order valence-electron chi connectivity index (χ0n) is 9.78. The molecule has 6 nitrogen and oxygen atoms in total. The van der Waals surface area contributed by atoms with Crippen molar-refractivity contribution in [3.8, 4) is 11.5 Å². The number of aryl methyl sites for hydroxylation is 1. The highest BCUT2D eigenvalue weighted by Crippen LogP contribution is 2.16. The fourth-order valence-corrected chi connectivity index (χ4v) is 1.76. The summed E-state index contributed by atoms with van der Waals surface area (Å²) in [7, 11) is 0. The van der Waals surface area contributed by atoms with Crippen LogP contribution in [0.25, 0.3) is 17.2 Å². The van der Waals surface area contributed by atoms with Gasteiger partial charge in [0, 0.05) is 18.8 Å². The average Bonchev–Trinajstić information content (AvgIpc) is 3.02. The van der Waals surface area contributed by atoms with Crippen LogP contribution in [0.5, 0.6) is 0 Å². The Morgan fingerprint density at radius 1 is 1.28 bits per heavy atom. The Balaban J connectivity index is 1.91. The lowest BCUT2D eigenvalue weighted by Crippen LogP contribution is -2.00. The molecule has 0 aliphatic carbocycles. The van der Waals surface area contributed by atoms with Gasteiger partial charge in [0.2, 0.25) is 11.7 Å². The van der Waals surface area contributed by atoms with Crippen molar-refractivity contribution in [1.82, 2.24) is 19.5 Å². The lowest BCUT2D eigenvalue weighted by Gasteiger charge is -1.88. The van der Waals surface area contributed by atoms with Gasteiger partial charge in [-0.15, -0.1) is 0 Å². The highest BCUT2D eigenvalue weighted by atomic mass is 16.5. The van der Waals surface area contributed by atoms with E-state index in [1.54, 1.807) is 0 Å². The molecule has 0 saturated carbocycles. The van der Waals surface area contributed by atoms with E-state index in [0.29, 0.717) is 30.4 Å². The van der Waals surface area contributed by atoms with Crippen molar-refractivity contribution < 1.29 is 4.52 Å². The Kier molecular flexibility index (Phi) is 2.77. The van der Waals surface area contributed by atoms with Gasteiger partial charge < -0.3 is 14.7 Å². The van der Waals surface area contributed by atoms with Crippen LogP contribution >= 0.6 is 0 Å². The number of pyridine rings is 1. The Morgan fingerprint density at radius 3 is 3.06 bits per heavy atom. The van der Waals surface area contributed by atoms with Gasteiger partial charge in [0.25, 0.3) is 0 Å². The Hall–Kier alpha value is -2.21. The highest BCUT2D eigenvalue weighted by molar-refractivity contribution is 5.54. The Bertz CT molecular complexity index is 624. The third-order valence-electron chi connectivity index (χ3n) is 2.66. The van der Waals surface area contributed by atoms with Crippen molar-refractivity contribution in [2.24, 2.45) is 5.73 Å². The minimum atomic E-state index is 0.519. The van der Waals surface area contributed by atoms with Crippen molar-refractivity contribution in [3.05, 3.63) is 36.5 Å². The van der Waals surface area contributed by atoms with E-state index in [1.165, 1.54) is 0 Å². The smallest absolute Gasteiger partial charge is 0.227 e. The normalized spacial score (nSPS) is 11.2. The van der Waals surface area contributed by atoms with Crippen LogP contribution in [0.3, 0.4) is 0 Å². The van der Waals surface area contributed by atoms with E-state index in [0.717, 1.165) is 12.1 Å². The first kappa shape index (κ1) is 10.9. The lowest BCUT2D eigenvalue weighted by molar-refractivity contribution is 0.376. The number of imidazole rings is 1. The van der Waals surface area contributed by atoms with Gasteiger partial charge in [0.1, 0.15) is 11.3 Å². The fourth-order valence-electron chi connectivity index (χ4n) is 1.76. The summed E-state index contributed by atoms with van der Waals surface area (Å²) in [5.74, 6) is 1.12. The Labute approximate surface area is 103 Å². The molecule has 0 radical (unpaired) electrons. The zero-order valence-corrected chi connectivity index (χ0v) is 9.78. The van der Waals surface area contributed by atoms with Crippen LogP contribution in [-0.2, 0) is 6.42 Å². The molecule has 0 unspecified atom stereocenters. The second kappa shape index (κ2) is 4.58. The van der Waals surface area contributed by atoms with Crippen LogP contribution in [0.15, 0.2) is 35.1 Å². The topological polar surface area (TPSA) is 82.2 Å². The summed E-state index contributed by atoms with van der Waals surface area (Å²) in [6, 6.07) is 5.81. The number of aromatic nitrogens is 4. The molecule has 3 heterocycles. The summed E-state index contributed by atoms with van der Waals surface area (Å²) in [5, 5.41) is 3.93. The number of hydrogen-bond donors (Lipinski definition) is 1. The van der Waals surface area contributed by atoms with Gasteiger partial charge in [-0.05, 0) is 25.1 Å².